The van der Waals surface area contributed by atoms with E-state index in [4.69, 9.17) is 0 Å². The van der Waals surface area contributed by atoms with Gasteiger partial charge >= 0.3 is 0 Å². The van der Waals surface area contributed by atoms with Gasteiger partial charge in [0.2, 0.25) is 0 Å². The molecule has 0 radical (unpaired) electrons. The Balaban J connectivity index is 0.000000102. The Kier molecular flexibility index (Phi) is 17.6. The molecule has 0 bridgehead atoms. The minimum Gasteiger partial charge on any atom is -0.309 e. The minimum absolute atomic E-state index is 1.17. The fourth-order valence-corrected chi connectivity index (χ4v) is 22.1. The molecule has 624 valence electrons. The second-order valence-corrected chi connectivity index (χ2v) is 35.4. The van der Waals surface area contributed by atoms with Crippen molar-refractivity contribution in [1.82, 2.24) is 27.4 Å². The van der Waals surface area contributed by atoms with Crippen LogP contribution in [0.25, 0.3) is 252 Å². The van der Waals surface area contributed by atoms with Crippen LogP contribution < -0.4 is 0 Å². The number of fused-ring (bicyclic) bond motifs is 27. The third-order valence-electron chi connectivity index (χ3n) is 28.0. The van der Waals surface area contributed by atoms with Gasteiger partial charge in [0.05, 0.1) is 66.2 Å². The van der Waals surface area contributed by atoms with E-state index in [1.165, 1.54) is 252 Å². The van der Waals surface area contributed by atoms with Crippen molar-refractivity contribution in [3.05, 3.63) is 497 Å². The SMILES string of the molecule is c1ccc(-n2c3ccc(-c4ccc5c(c4)c4c6ccccc6ccc4n5-c4ccccc4)cc3c3c4ccccc4ccc32)cc1.c1ccc(-n2c3ccccc3c3cc(-c4ccc5c(c4)c4c6ccccc6ccc4n5-c4ccc5ccccc5c4)ccc32)cc1.c1ccc(-n2c3ccccc3c3cc(-c4ccc5c(c4)c4c6ccccc6ccc4n5-c4ccccc4)ccc32)cc1. The summed E-state index contributed by atoms with van der Waals surface area (Å²) in [6, 6.07) is 181. The molecule has 6 nitrogen and oxygen atoms in total. The van der Waals surface area contributed by atoms with Crippen molar-refractivity contribution >= 4 is 185 Å². The average molecular weight is 1700 g/mol. The molecule has 0 atom stereocenters. The normalized spacial score (nSPS) is 11.9. The van der Waals surface area contributed by atoms with E-state index in [1.54, 1.807) is 0 Å². The summed E-state index contributed by atoms with van der Waals surface area (Å²) in [7, 11) is 0. The molecule has 0 aliphatic carbocycles. The van der Waals surface area contributed by atoms with Gasteiger partial charge in [0, 0.05) is 98.8 Å². The van der Waals surface area contributed by atoms with Crippen molar-refractivity contribution in [2.75, 3.05) is 0 Å². The molecule has 0 amide bonds. The zero-order chi connectivity index (χ0) is 88.0. The van der Waals surface area contributed by atoms with Crippen molar-refractivity contribution in [3.63, 3.8) is 0 Å². The molecule has 0 unspecified atom stereocenters. The van der Waals surface area contributed by atoms with E-state index < -0.39 is 0 Å². The van der Waals surface area contributed by atoms with Gasteiger partial charge in [0.25, 0.3) is 0 Å². The molecule has 6 aromatic heterocycles. The summed E-state index contributed by atoms with van der Waals surface area (Å²) in [5.41, 5.74) is 29.0. The first-order valence-electron chi connectivity index (χ1n) is 46.2. The third kappa shape index (κ3) is 12.2. The number of hydrogen-bond donors (Lipinski definition) is 0. The molecule has 0 saturated carbocycles. The van der Waals surface area contributed by atoms with Crippen LogP contribution in [0.5, 0.6) is 0 Å². The van der Waals surface area contributed by atoms with Gasteiger partial charge in [0.15, 0.2) is 0 Å². The average Bonchev–Trinajstić information content (AvgIpc) is 1.47. The van der Waals surface area contributed by atoms with Gasteiger partial charge in [-0.05, 0) is 269 Å². The number of aromatic nitrogens is 6. The van der Waals surface area contributed by atoms with Gasteiger partial charge in [-0.15, -0.1) is 0 Å². The molecule has 29 rings (SSSR count). The minimum atomic E-state index is 1.17. The lowest BCUT2D eigenvalue weighted by Gasteiger charge is -2.10. The van der Waals surface area contributed by atoms with Crippen LogP contribution in [0.15, 0.2) is 497 Å². The first kappa shape index (κ1) is 76.2. The fourth-order valence-electron chi connectivity index (χ4n) is 22.1. The van der Waals surface area contributed by atoms with Crippen molar-refractivity contribution < 1.29 is 0 Å². The number of hydrogen-bond acceptors (Lipinski definition) is 0. The molecule has 0 aliphatic heterocycles. The molecule has 0 aliphatic rings. The Morgan fingerprint density at radius 2 is 0.291 bits per heavy atom. The van der Waals surface area contributed by atoms with Crippen LogP contribution in [-0.4, -0.2) is 27.4 Å². The fraction of sp³-hybridized carbons (Fsp3) is 0. The van der Waals surface area contributed by atoms with Gasteiger partial charge < -0.3 is 27.4 Å². The molecule has 0 fully saturated rings. The Bertz CT molecular complexity index is 9620. The summed E-state index contributed by atoms with van der Waals surface area (Å²) in [5, 5.41) is 28.0. The van der Waals surface area contributed by atoms with E-state index in [2.05, 4.69) is 525 Å². The van der Waals surface area contributed by atoms with E-state index in [0.29, 0.717) is 0 Å². The van der Waals surface area contributed by atoms with Crippen molar-refractivity contribution in [3.8, 4) is 67.5 Å². The molecule has 0 saturated heterocycles. The van der Waals surface area contributed by atoms with E-state index >= 15 is 0 Å². The van der Waals surface area contributed by atoms with Crippen molar-refractivity contribution in [2.45, 2.75) is 0 Å². The lowest BCUT2D eigenvalue weighted by atomic mass is 9.98. The molecular formula is C128H82N6. The molecule has 6 heteroatoms. The van der Waals surface area contributed by atoms with Gasteiger partial charge in [-0.1, -0.05) is 315 Å². The maximum Gasteiger partial charge on any atom is 0.0547 e. The van der Waals surface area contributed by atoms with Crippen molar-refractivity contribution in [1.29, 1.82) is 0 Å². The number of nitrogens with zero attached hydrogens (tertiary/aromatic N) is 6. The lowest BCUT2D eigenvalue weighted by molar-refractivity contribution is 1.18. The van der Waals surface area contributed by atoms with Crippen LogP contribution in [0.1, 0.15) is 0 Å². The van der Waals surface area contributed by atoms with Gasteiger partial charge in [0.1, 0.15) is 0 Å². The van der Waals surface area contributed by atoms with E-state index in [9.17, 15) is 0 Å². The number of para-hydroxylation sites is 7. The molecule has 0 N–H and O–H groups in total. The lowest BCUT2D eigenvalue weighted by Crippen LogP contribution is -1.94. The zero-order valence-electron chi connectivity index (χ0n) is 73.0. The zero-order valence-corrected chi connectivity index (χ0v) is 73.0. The highest BCUT2D eigenvalue weighted by molar-refractivity contribution is 6.27. The molecule has 23 aromatic carbocycles. The van der Waals surface area contributed by atoms with E-state index in [-0.39, 0.29) is 0 Å². The summed E-state index contributed by atoms with van der Waals surface area (Å²) >= 11 is 0. The third-order valence-corrected chi connectivity index (χ3v) is 28.0. The summed E-state index contributed by atoms with van der Waals surface area (Å²) in [4.78, 5) is 0. The molecule has 0 spiro atoms. The second kappa shape index (κ2) is 31.0. The van der Waals surface area contributed by atoms with Crippen molar-refractivity contribution in [2.24, 2.45) is 0 Å². The molecular weight excluding hydrogens is 1620 g/mol. The van der Waals surface area contributed by atoms with Crippen LogP contribution >= 0.6 is 0 Å². The van der Waals surface area contributed by atoms with E-state index in [1.807, 2.05) is 0 Å². The first-order chi connectivity index (χ1) is 66.5. The predicted molar refractivity (Wildman–Crippen MR) is 569 cm³/mol. The monoisotopic (exact) mass is 1700 g/mol. The predicted octanol–water partition coefficient (Wildman–Crippen LogP) is 34.4. The quantitative estimate of drug-likeness (QED) is 0.138. The molecule has 6 heterocycles. The highest BCUT2D eigenvalue weighted by Crippen LogP contribution is 2.47. The topological polar surface area (TPSA) is 29.6 Å². The second-order valence-electron chi connectivity index (χ2n) is 35.4. The molecule has 29 aromatic rings. The molecule has 134 heavy (non-hydrogen) atoms. The summed E-state index contributed by atoms with van der Waals surface area (Å²) in [6.07, 6.45) is 0. The Morgan fingerprint density at radius 1 is 0.0970 bits per heavy atom. The number of rotatable bonds is 9. The maximum absolute atomic E-state index is 2.43. The number of benzene rings is 23. The Morgan fingerprint density at radius 3 is 0.582 bits per heavy atom. The van der Waals surface area contributed by atoms with Crippen LogP contribution in [-0.2, 0) is 0 Å². The highest BCUT2D eigenvalue weighted by atomic mass is 15.0. The van der Waals surface area contributed by atoms with E-state index in [0.717, 1.165) is 0 Å². The maximum atomic E-state index is 2.43. The van der Waals surface area contributed by atoms with Gasteiger partial charge in [-0.2, -0.15) is 0 Å². The summed E-state index contributed by atoms with van der Waals surface area (Å²) in [5.74, 6) is 0. The Labute approximate surface area is 771 Å². The smallest absolute Gasteiger partial charge is 0.0547 e. The van der Waals surface area contributed by atoms with Crippen LogP contribution in [0.2, 0.25) is 0 Å². The highest BCUT2D eigenvalue weighted by Gasteiger charge is 2.24. The first-order valence-corrected chi connectivity index (χ1v) is 46.2. The van der Waals surface area contributed by atoms with Gasteiger partial charge in [-0.3, -0.25) is 0 Å². The Hall–Kier alpha value is -17.8. The van der Waals surface area contributed by atoms with Crippen LogP contribution in [0.4, 0.5) is 0 Å². The van der Waals surface area contributed by atoms with Gasteiger partial charge in [-0.25, -0.2) is 0 Å². The van der Waals surface area contributed by atoms with Crippen LogP contribution in [0.3, 0.4) is 0 Å². The summed E-state index contributed by atoms with van der Waals surface area (Å²) < 4.78 is 14.4. The van der Waals surface area contributed by atoms with Crippen LogP contribution in [0, 0.1) is 0 Å². The summed E-state index contributed by atoms with van der Waals surface area (Å²) in [6.45, 7) is 0. The largest absolute Gasteiger partial charge is 0.309 e. The standard InChI is InChI=1S/2C44H28N2.C40H26N2/c1-3-13-33(14-4-1)45-39-23-21-31(27-37(39)43-35-17-9-7-11-29(35)19-25-41(43)45)32-22-24-40-38(28-32)44-36-18-10-8-12-30(36)20-26-42(44)46(40)34-15-5-2-6-16-34;1-2-13-34(14-3-1)45-40-17-9-8-16-37(40)38-27-32(20-23-41(38)45)33-21-24-42-39(28-33)44-36-15-7-6-11-30(36)19-25-43(44)46(42)35-22-18-29-10-4-5-12-31(29)26-35;1-3-12-30(13-4-1)41-36-18-10-9-17-33(36)34-25-28(20-22-37(34)41)29-21-23-38-35(26-29)40-32-16-8-7-11-27(32)19-24-39(40)42(38)31-14-5-2-6-15-31/h2*1-28H;1-26H.